The molecule has 0 nitrogen and oxygen atoms in total. The molecule has 2 aromatic carbocycles. The highest BCUT2D eigenvalue weighted by atomic mass is 32.1. The Labute approximate surface area is 122 Å². The van der Waals surface area contributed by atoms with Gasteiger partial charge >= 0.3 is 0 Å². The van der Waals surface area contributed by atoms with Gasteiger partial charge in [-0.25, -0.2) is 0 Å². The van der Waals surface area contributed by atoms with Gasteiger partial charge in [-0.2, -0.15) is 0 Å². The molecule has 2 aromatic rings. The third-order valence-corrected chi connectivity index (χ3v) is 3.81. The minimum absolute atomic E-state index is 0.194. The third-order valence-electron chi connectivity index (χ3n) is 3.53. The van der Waals surface area contributed by atoms with Gasteiger partial charge in [-0.1, -0.05) is 45.0 Å². The predicted octanol–water partition coefficient (Wildman–Crippen LogP) is 5.56. The van der Waals surface area contributed by atoms with Crippen molar-refractivity contribution < 1.29 is 0 Å². The van der Waals surface area contributed by atoms with E-state index in [0.29, 0.717) is 0 Å². The van der Waals surface area contributed by atoms with Crippen LogP contribution in [0, 0.1) is 13.8 Å². The van der Waals surface area contributed by atoms with Crippen LogP contribution in [0.1, 0.15) is 37.5 Å². The summed E-state index contributed by atoms with van der Waals surface area (Å²) in [6.45, 7) is 11.2. The molecule has 1 heteroatoms. The molecule has 19 heavy (non-hydrogen) atoms. The van der Waals surface area contributed by atoms with E-state index >= 15 is 0 Å². The van der Waals surface area contributed by atoms with E-state index < -0.39 is 0 Å². The van der Waals surface area contributed by atoms with Crippen LogP contribution in [0.25, 0.3) is 11.1 Å². The molecule has 0 saturated carbocycles. The van der Waals surface area contributed by atoms with E-state index in [1.807, 2.05) is 6.07 Å². The standard InChI is InChI=1S/C18H22S/c1-12-9-15(18(3,4)5)10-13(2)17(12)14-7-6-8-16(19)11-14/h6-11,19H,1-5H3. The first-order valence-electron chi connectivity index (χ1n) is 6.70. The van der Waals surface area contributed by atoms with Crippen molar-refractivity contribution in [3.8, 4) is 11.1 Å². The Kier molecular flexibility index (Phi) is 3.78. The number of aryl methyl sites for hydroxylation is 2. The monoisotopic (exact) mass is 270 g/mol. The van der Waals surface area contributed by atoms with Gasteiger partial charge in [0.05, 0.1) is 0 Å². The number of thiol groups is 1. The van der Waals surface area contributed by atoms with Crippen LogP contribution < -0.4 is 0 Å². The quantitative estimate of drug-likeness (QED) is 0.645. The smallest absolute Gasteiger partial charge is 0.00461 e. The first kappa shape index (κ1) is 14.2. The Hall–Kier alpha value is -1.21. The van der Waals surface area contributed by atoms with Gasteiger partial charge in [0.15, 0.2) is 0 Å². The molecule has 0 amide bonds. The molecule has 0 aliphatic carbocycles. The maximum atomic E-state index is 4.44. The molecule has 0 radical (unpaired) electrons. The van der Waals surface area contributed by atoms with Crippen LogP contribution >= 0.6 is 12.6 Å². The Morgan fingerprint density at radius 1 is 0.895 bits per heavy atom. The third kappa shape index (κ3) is 3.03. The Balaban J connectivity index is 2.60. The number of benzene rings is 2. The maximum absolute atomic E-state index is 4.44. The van der Waals surface area contributed by atoms with E-state index in [2.05, 4.69) is 77.6 Å². The van der Waals surface area contributed by atoms with E-state index in [1.54, 1.807) is 0 Å². The highest BCUT2D eigenvalue weighted by Crippen LogP contribution is 2.33. The van der Waals surface area contributed by atoms with Crippen LogP contribution in [-0.2, 0) is 5.41 Å². The summed E-state index contributed by atoms with van der Waals surface area (Å²) in [5.74, 6) is 0. The Bertz CT molecular complexity index is 580. The zero-order chi connectivity index (χ0) is 14.2. The molecule has 0 aromatic heterocycles. The molecule has 0 N–H and O–H groups in total. The van der Waals surface area contributed by atoms with Gasteiger partial charge in [0.2, 0.25) is 0 Å². The maximum Gasteiger partial charge on any atom is 0.00461 e. The second kappa shape index (κ2) is 5.05. The SMILES string of the molecule is Cc1cc(C(C)(C)C)cc(C)c1-c1cccc(S)c1. The van der Waals surface area contributed by atoms with Gasteiger partial charge in [-0.15, -0.1) is 12.6 Å². The van der Waals surface area contributed by atoms with Crippen molar-refractivity contribution in [1.82, 2.24) is 0 Å². The average molecular weight is 270 g/mol. The van der Waals surface area contributed by atoms with Crippen LogP contribution in [-0.4, -0.2) is 0 Å². The normalized spacial score (nSPS) is 11.7. The fraction of sp³-hybridized carbons (Fsp3) is 0.333. The fourth-order valence-corrected chi connectivity index (χ4v) is 2.74. The highest BCUT2D eigenvalue weighted by molar-refractivity contribution is 7.80. The first-order valence-corrected chi connectivity index (χ1v) is 7.15. The lowest BCUT2D eigenvalue weighted by Crippen LogP contribution is -2.12. The number of hydrogen-bond acceptors (Lipinski definition) is 1. The van der Waals surface area contributed by atoms with Gasteiger partial charge in [0.1, 0.15) is 0 Å². The van der Waals surface area contributed by atoms with E-state index in [0.717, 1.165) is 4.90 Å². The lowest BCUT2D eigenvalue weighted by atomic mass is 9.83. The molecule has 2 rings (SSSR count). The molecule has 0 atom stereocenters. The van der Waals surface area contributed by atoms with Crippen LogP contribution in [0.2, 0.25) is 0 Å². The van der Waals surface area contributed by atoms with Crippen LogP contribution in [0.3, 0.4) is 0 Å². The van der Waals surface area contributed by atoms with Gasteiger partial charge in [-0.05, 0) is 59.2 Å². The molecule has 0 aliphatic heterocycles. The molecule has 0 unspecified atom stereocenters. The largest absolute Gasteiger partial charge is 0.143 e. The van der Waals surface area contributed by atoms with Gasteiger partial charge in [0, 0.05) is 4.90 Å². The van der Waals surface area contributed by atoms with Crippen molar-refractivity contribution in [3.63, 3.8) is 0 Å². The summed E-state index contributed by atoms with van der Waals surface area (Å²) in [7, 11) is 0. The average Bonchev–Trinajstić information content (AvgIpc) is 2.26. The van der Waals surface area contributed by atoms with Crippen LogP contribution in [0.5, 0.6) is 0 Å². The second-order valence-electron chi connectivity index (χ2n) is 6.29. The lowest BCUT2D eigenvalue weighted by molar-refractivity contribution is 0.589. The fourth-order valence-electron chi connectivity index (χ4n) is 2.51. The number of rotatable bonds is 1. The molecule has 0 bridgehead atoms. The summed E-state index contributed by atoms with van der Waals surface area (Å²) in [4.78, 5) is 1.01. The van der Waals surface area contributed by atoms with Crippen molar-refractivity contribution in [1.29, 1.82) is 0 Å². The van der Waals surface area contributed by atoms with Crippen molar-refractivity contribution >= 4 is 12.6 Å². The second-order valence-corrected chi connectivity index (χ2v) is 6.80. The van der Waals surface area contributed by atoms with Crippen molar-refractivity contribution in [3.05, 3.63) is 53.1 Å². The van der Waals surface area contributed by atoms with Crippen molar-refractivity contribution in [2.24, 2.45) is 0 Å². The van der Waals surface area contributed by atoms with Crippen LogP contribution in [0.4, 0.5) is 0 Å². The topological polar surface area (TPSA) is 0 Å². The zero-order valence-corrected chi connectivity index (χ0v) is 13.3. The predicted molar refractivity (Wildman–Crippen MR) is 87.3 cm³/mol. The highest BCUT2D eigenvalue weighted by Gasteiger charge is 2.16. The van der Waals surface area contributed by atoms with Crippen LogP contribution in [0.15, 0.2) is 41.3 Å². The summed E-state index contributed by atoms with van der Waals surface area (Å²) < 4.78 is 0. The zero-order valence-electron chi connectivity index (χ0n) is 12.4. The number of hydrogen-bond donors (Lipinski definition) is 1. The lowest BCUT2D eigenvalue weighted by Gasteiger charge is -2.22. The van der Waals surface area contributed by atoms with E-state index in [1.165, 1.54) is 27.8 Å². The molecule has 0 aliphatic rings. The minimum atomic E-state index is 0.194. The Morgan fingerprint density at radius 3 is 1.95 bits per heavy atom. The minimum Gasteiger partial charge on any atom is -0.143 e. The van der Waals surface area contributed by atoms with E-state index in [9.17, 15) is 0 Å². The van der Waals surface area contributed by atoms with Gasteiger partial charge < -0.3 is 0 Å². The van der Waals surface area contributed by atoms with Gasteiger partial charge in [0.25, 0.3) is 0 Å². The van der Waals surface area contributed by atoms with E-state index in [-0.39, 0.29) is 5.41 Å². The summed E-state index contributed by atoms with van der Waals surface area (Å²) >= 11 is 4.44. The molecule has 0 spiro atoms. The molecule has 0 heterocycles. The first-order chi connectivity index (χ1) is 8.79. The van der Waals surface area contributed by atoms with Crippen molar-refractivity contribution in [2.75, 3.05) is 0 Å². The van der Waals surface area contributed by atoms with E-state index in [4.69, 9.17) is 0 Å². The Morgan fingerprint density at radius 2 is 1.47 bits per heavy atom. The van der Waals surface area contributed by atoms with Gasteiger partial charge in [-0.3, -0.25) is 0 Å². The summed E-state index contributed by atoms with van der Waals surface area (Å²) in [6, 6.07) is 13.0. The summed E-state index contributed by atoms with van der Waals surface area (Å²) in [5, 5.41) is 0. The summed E-state index contributed by atoms with van der Waals surface area (Å²) in [6.07, 6.45) is 0. The van der Waals surface area contributed by atoms with Crippen molar-refractivity contribution in [2.45, 2.75) is 44.9 Å². The molecule has 0 fully saturated rings. The molecular weight excluding hydrogens is 248 g/mol. The molecular formula is C18H22S. The molecule has 100 valence electrons. The molecule has 0 saturated heterocycles. The summed E-state index contributed by atoms with van der Waals surface area (Å²) in [5.41, 5.74) is 6.85.